The van der Waals surface area contributed by atoms with Gasteiger partial charge in [0.05, 0.1) is 6.04 Å². The van der Waals surface area contributed by atoms with Crippen molar-refractivity contribution >= 4 is 6.09 Å². The molecule has 1 aliphatic rings. The zero-order chi connectivity index (χ0) is 15.8. The van der Waals surface area contributed by atoms with Crippen LogP contribution in [0.15, 0.2) is 43.0 Å². The Balaban J connectivity index is 1.95. The molecule has 0 unspecified atom stereocenters. The van der Waals surface area contributed by atoms with Gasteiger partial charge < -0.3 is 4.74 Å². The summed E-state index contributed by atoms with van der Waals surface area (Å²) in [5.74, 6) is 0. The number of rotatable bonds is 9. The second kappa shape index (κ2) is 8.62. The summed E-state index contributed by atoms with van der Waals surface area (Å²) in [7, 11) is 0. The fourth-order valence-corrected chi connectivity index (χ4v) is 3.02. The van der Waals surface area contributed by atoms with E-state index < -0.39 is 0 Å². The average molecular weight is 301 g/mol. The summed E-state index contributed by atoms with van der Waals surface area (Å²) >= 11 is 0. The maximum absolute atomic E-state index is 12.1. The highest BCUT2D eigenvalue weighted by Gasteiger charge is 2.39. The van der Waals surface area contributed by atoms with Gasteiger partial charge in [-0.05, 0) is 18.1 Å². The van der Waals surface area contributed by atoms with Crippen LogP contribution in [-0.2, 0) is 11.3 Å². The minimum absolute atomic E-state index is 0.117. The molecule has 0 saturated carbocycles. The fourth-order valence-electron chi connectivity index (χ4n) is 3.02. The van der Waals surface area contributed by atoms with Gasteiger partial charge in [0, 0.05) is 6.54 Å². The first kappa shape index (κ1) is 16.6. The Morgan fingerprint density at radius 1 is 1.18 bits per heavy atom. The average Bonchev–Trinajstić information content (AvgIpc) is 2.84. The number of hydrogen-bond acceptors (Lipinski definition) is 2. The van der Waals surface area contributed by atoms with Crippen molar-refractivity contribution < 1.29 is 9.53 Å². The van der Waals surface area contributed by atoms with Crippen LogP contribution in [0.4, 0.5) is 4.79 Å². The Bertz CT molecular complexity index is 472. The molecule has 1 aromatic carbocycles. The van der Waals surface area contributed by atoms with Gasteiger partial charge in [-0.15, -0.1) is 0 Å². The van der Waals surface area contributed by atoms with Crippen molar-refractivity contribution in [1.29, 1.82) is 0 Å². The topological polar surface area (TPSA) is 29.5 Å². The largest absolute Gasteiger partial charge is 0.440 e. The summed E-state index contributed by atoms with van der Waals surface area (Å²) in [5.41, 5.74) is 1.14. The van der Waals surface area contributed by atoms with Gasteiger partial charge in [-0.2, -0.15) is 0 Å². The van der Waals surface area contributed by atoms with Crippen molar-refractivity contribution in [1.82, 2.24) is 4.90 Å². The molecule has 120 valence electrons. The molecule has 0 aromatic heterocycles. The Kier molecular flexibility index (Phi) is 6.50. The number of ether oxygens (including phenoxy) is 1. The predicted molar refractivity (Wildman–Crippen MR) is 89.6 cm³/mol. The van der Waals surface area contributed by atoms with Gasteiger partial charge in [0.1, 0.15) is 6.10 Å². The molecule has 0 spiro atoms. The van der Waals surface area contributed by atoms with Gasteiger partial charge in [0.2, 0.25) is 0 Å². The summed E-state index contributed by atoms with van der Waals surface area (Å²) in [6, 6.07) is 10.2. The number of amides is 1. The first-order valence-corrected chi connectivity index (χ1v) is 8.40. The fraction of sp³-hybridized carbons (Fsp3) is 0.526. The number of nitrogens with zero attached hydrogens (tertiary/aromatic N) is 1. The maximum Gasteiger partial charge on any atom is 0.411 e. The molecule has 2 rings (SSSR count). The van der Waals surface area contributed by atoms with E-state index in [1.54, 1.807) is 6.08 Å². The smallest absolute Gasteiger partial charge is 0.411 e. The van der Waals surface area contributed by atoms with Crippen LogP contribution in [0.3, 0.4) is 0 Å². The van der Waals surface area contributed by atoms with E-state index in [1.807, 2.05) is 35.2 Å². The summed E-state index contributed by atoms with van der Waals surface area (Å²) in [4.78, 5) is 14.0. The normalized spacial score (nSPS) is 21.0. The quantitative estimate of drug-likeness (QED) is 0.478. The lowest BCUT2D eigenvalue weighted by Crippen LogP contribution is -2.35. The number of benzene rings is 1. The Morgan fingerprint density at radius 2 is 1.91 bits per heavy atom. The molecule has 0 radical (unpaired) electrons. The van der Waals surface area contributed by atoms with Gasteiger partial charge in [0.25, 0.3) is 0 Å². The van der Waals surface area contributed by atoms with E-state index in [0.717, 1.165) is 18.4 Å². The van der Waals surface area contributed by atoms with Crippen LogP contribution in [-0.4, -0.2) is 23.1 Å². The minimum atomic E-state index is -0.215. The highest BCUT2D eigenvalue weighted by molar-refractivity contribution is 5.71. The van der Waals surface area contributed by atoms with Crippen LogP contribution in [0.1, 0.15) is 51.0 Å². The molecule has 0 aliphatic carbocycles. The van der Waals surface area contributed by atoms with Crippen LogP contribution >= 0.6 is 0 Å². The van der Waals surface area contributed by atoms with E-state index in [1.165, 1.54) is 25.7 Å². The monoisotopic (exact) mass is 301 g/mol. The van der Waals surface area contributed by atoms with E-state index >= 15 is 0 Å². The summed E-state index contributed by atoms with van der Waals surface area (Å²) in [6.45, 7) is 6.66. The van der Waals surface area contributed by atoms with Crippen LogP contribution in [0.2, 0.25) is 0 Å². The SMILES string of the molecule is C=C[C@@H]1OC(=O)N(Cc2ccccc2)[C@@H]1CCCCCCC. The lowest BCUT2D eigenvalue weighted by Gasteiger charge is -2.23. The zero-order valence-corrected chi connectivity index (χ0v) is 13.5. The molecule has 1 fully saturated rings. The van der Waals surface area contributed by atoms with Crippen molar-refractivity contribution in [2.45, 2.75) is 64.1 Å². The molecular formula is C19H27NO2. The third-order valence-electron chi connectivity index (χ3n) is 4.28. The standard InChI is InChI=1S/C19H27NO2/c1-3-5-6-7-11-14-17-18(4-2)22-19(21)20(17)15-16-12-9-8-10-13-16/h4,8-10,12-13,17-18H,2-3,5-7,11,14-15H2,1H3/t17-,18+/m1/s1. The van der Waals surface area contributed by atoms with Crippen molar-refractivity contribution in [3.8, 4) is 0 Å². The molecule has 1 saturated heterocycles. The highest BCUT2D eigenvalue weighted by atomic mass is 16.6. The van der Waals surface area contributed by atoms with Gasteiger partial charge in [-0.1, -0.05) is 75.9 Å². The van der Waals surface area contributed by atoms with Crippen LogP contribution in [0.25, 0.3) is 0 Å². The second-order valence-corrected chi connectivity index (χ2v) is 5.97. The molecule has 2 atom stereocenters. The van der Waals surface area contributed by atoms with E-state index in [4.69, 9.17) is 4.74 Å². The van der Waals surface area contributed by atoms with Crippen LogP contribution in [0.5, 0.6) is 0 Å². The molecule has 3 heteroatoms. The Labute approximate surface area is 134 Å². The second-order valence-electron chi connectivity index (χ2n) is 5.97. The molecule has 3 nitrogen and oxygen atoms in total. The highest BCUT2D eigenvalue weighted by Crippen LogP contribution is 2.27. The van der Waals surface area contributed by atoms with Crippen molar-refractivity contribution in [2.75, 3.05) is 0 Å². The van der Waals surface area contributed by atoms with Gasteiger partial charge in [0.15, 0.2) is 0 Å². The molecule has 22 heavy (non-hydrogen) atoms. The lowest BCUT2D eigenvalue weighted by molar-refractivity contribution is 0.144. The number of carbonyl (C=O) groups is 1. The van der Waals surface area contributed by atoms with Crippen molar-refractivity contribution in [3.63, 3.8) is 0 Å². The predicted octanol–water partition coefficient (Wildman–Crippen LogP) is 4.92. The number of cyclic esters (lactones) is 1. The Morgan fingerprint density at radius 3 is 2.59 bits per heavy atom. The van der Waals surface area contributed by atoms with E-state index in [9.17, 15) is 4.79 Å². The summed E-state index contributed by atoms with van der Waals surface area (Å²) in [5, 5.41) is 0. The lowest BCUT2D eigenvalue weighted by atomic mass is 10.0. The van der Waals surface area contributed by atoms with Gasteiger partial charge in [-0.3, -0.25) is 4.90 Å². The van der Waals surface area contributed by atoms with Crippen LogP contribution in [0, 0.1) is 0 Å². The first-order chi connectivity index (χ1) is 10.8. The van der Waals surface area contributed by atoms with Crippen molar-refractivity contribution in [2.24, 2.45) is 0 Å². The van der Waals surface area contributed by atoms with E-state index in [0.29, 0.717) is 6.54 Å². The first-order valence-electron chi connectivity index (χ1n) is 8.40. The molecule has 0 bridgehead atoms. The van der Waals surface area contributed by atoms with Crippen molar-refractivity contribution in [3.05, 3.63) is 48.6 Å². The van der Waals surface area contributed by atoms with Gasteiger partial charge >= 0.3 is 6.09 Å². The number of carbonyl (C=O) groups excluding carboxylic acids is 1. The third kappa shape index (κ3) is 4.36. The summed E-state index contributed by atoms with van der Waals surface area (Å²) < 4.78 is 5.46. The maximum atomic E-state index is 12.1. The van der Waals surface area contributed by atoms with E-state index in [2.05, 4.69) is 13.5 Å². The molecule has 1 aromatic rings. The number of hydrogen-bond donors (Lipinski definition) is 0. The third-order valence-corrected chi connectivity index (χ3v) is 4.28. The molecular weight excluding hydrogens is 274 g/mol. The Hall–Kier alpha value is -1.77. The molecule has 0 N–H and O–H groups in total. The molecule has 1 amide bonds. The zero-order valence-electron chi connectivity index (χ0n) is 13.5. The number of unbranched alkanes of at least 4 members (excludes halogenated alkanes) is 4. The van der Waals surface area contributed by atoms with Crippen LogP contribution < -0.4 is 0 Å². The molecule has 1 aliphatic heterocycles. The minimum Gasteiger partial charge on any atom is -0.440 e. The van der Waals surface area contributed by atoms with Gasteiger partial charge in [-0.25, -0.2) is 4.79 Å². The molecule has 1 heterocycles. The van der Waals surface area contributed by atoms with E-state index in [-0.39, 0.29) is 18.2 Å². The summed E-state index contributed by atoms with van der Waals surface area (Å²) in [6.07, 6.45) is 8.53.